The van der Waals surface area contributed by atoms with Gasteiger partial charge < -0.3 is 15.5 Å². The number of halogens is 3. The average molecular weight is 419 g/mol. The lowest BCUT2D eigenvalue weighted by atomic mass is 10.0. The molecule has 158 valence electrons. The van der Waals surface area contributed by atoms with E-state index in [2.05, 4.69) is 15.6 Å². The maximum absolute atomic E-state index is 13.3. The highest BCUT2D eigenvalue weighted by molar-refractivity contribution is 6.05. The van der Waals surface area contributed by atoms with E-state index in [1.165, 1.54) is 25.4 Å². The van der Waals surface area contributed by atoms with Crippen LogP contribution in [0.5, 0.6) is 0 Å². The van der Waals surface area contributed by atoms with Crippen molar-refractivity contribution < 1.29 is 22.8 Å². The molecule has 2 amide bonds. The van der Waals surface area contributed by atoms with E-state index in [1.54, 1.807) is 12.1 Å². The smallest absolute Gasteiger partial charge is 0.355 e. The molecular weight excluding hydrogens is 399 g/mol. The summed E-state index contributed by atoms with van der Waals surface area (Å²) in [6.07, 6.45) is -2.98. The average Bonchev–Trinajstić information content (AvgIpc) is 2.72. The zero-order valence-electron chi connectivity index (χ0n) is 16.2. The number of benzene rings is 1. The summed E-state index contributed by atoms with van der Waals surface area (Å²) in [6, 6.07) is 6.49. The molecule has 1 aromatic heterocycles. The lowest BCUT2D eigenvalue weighted by Gasteiger charge is -2.44. The largest absolute Gasteiger partial charge is 0.416 e. The van der Waals surface area contributed by atoms with Crippen molar-refractivity contribution in [3.05, 3.63) is 53.2 Å². The molecular formula is C20H20F3N5O2. The maximum Gasteiger partial charge on any atom is 0.416 e. The van der Waals surface area contributed by atoms with Crippen molar-refractivity contribution in [2.45, 2.75) is 18.8 Å². The molecule has 2 aromatic rings. The molecule has 3 heterocycles. The molecule has 1 aromatic carbocycles. The van der Waals surface area contributed by atoms with E-state index < -0.39 is 17.8 Å². The first-order chi connectivity index (χ1) is 14.3. The number of carbonyl (C=O) groups is 2. The number of rotatable bonds is 3. The van der Waals surface area contributed by atoms with E-state index in [-0.39, 0.29) is 30.5 Å². The molecule has 2 aliphatic heterocycles. The fourth-order valence-electron chi connectivity index (χ4n) is 3.90. The number of fused-ring (bicyclic) bond motifs is 3. The number of pyridine rings is 1. The Morgan fingerprint density at radius 2 is 2.07 bits per heavy atom. The molecule has 7 nitrogen and oxygen atoms in total. The van der Waals surface area contributed by atoms with Gasteiger partial charge in [-0.25, -0.2) is 4.98 Å². The van der Waals surface area contributed by atoms with Crippen LogP contribution in [0.15, 0.2) is 36.5 Å². The van der Waals surface area contributed by atoms with Gasteiger partial charge in [0.15, 0.2) is 5.82 Å². The first-order valence-corrected chi connectivity index (χ1v) is 9.45. The summed E-state index contributed by atoms with van der Waals surface area (Å²) in [5, 5.41) is 5.28. The van der Waals surface area contributed by atoms with Crippen LogP contribution in [-0.4, -0.2) is 54.4 Å². The summed E-state index contributed by atoms with van der Waals surface area (Å²) < 4.78 is 39.9. The first-order valence-electron chi connectivity index (χ1n) is 9.45. The Morgan fingerprint density at radius 1 is 1.30 bits per heavy atom. The number of nitrogens with zero attached hydrogens (tertiary/aromatic N) is 3. The monoisotopic (exact) mass is 419 g/mol. The normalized spacial score (nSPS) is 19.0. The molecule has 2 aliphatic rings. The SMILES string of the molecule is CNC(=O)c1cnc2c(c1)NC(=O)C1CN(Cc3ccccc3C(F)(F)F)CCN21. The Morgan fingerprint density at radius 3 is 2.80 bits per heavy atom. The Labute approximate surface area is 170 Å². The highest BCUT2D eigenvalue weighted by Gasteiger charge is 2.39. The molecule has 2 N–H and O–H groups in total. The van der Waals surface area contributed by atoms with Gasteiger partial charge in [-0.2, -0.15) is 13.2 Å². The van der Waals surface area contributed by atoms with E-state index in [1.807, 2.05) is 9.80 Å². The number of piperazine rings is 1. The van der Waals surface area contributed by atoms with E-state index >= 15 is 0 Å². The van der Waals surface area contributed by atoms with Gasteiger partial charge in [0, 0.05) is 39.4 Å². The van der Waals surface area contributed by atoms with Gasteiger partial charge in [-0.15, -0.1) is 0 Å². The van der Waals surface area contributed by atoms with Crippen molar-refractivity contribution in [3.8, 4) is 0 Å². The van der Waals surface area contributed by atoms with Crippen molar-refractivity contribution in [2.75, 3.05) is 36.9 Å². The van der Waals surface area contributed by atoms with Crippen molar-refractivity contribution in [2.24, 2.45) is 0 Å². The number of hydrogen-bond acceptors (Lipinski definition) is 5. The summed E-state index contributed by atoms with van der Waals surface area (Å²) in [4.78, 5) is 32.5. The third kappa shape index (κ3) is 3.70. The van der Waals surface area contributed by atoms with E-state index in [0.717, 1.165) is 6.07 Å². The maximum atomic E-state index is 13.3. The van der Waals surface area contributed by atoms with Crippen LogP contribution in [-0.2, 0) is 17.5 Å². The number of amides is 2. The summed E-state index contributed by atoms with van der Waals surface area (Å²) in [6.45, 7) is 1.29. The molecule has 30 heavy (non-hydrogen) atoms. The molecule has 1 atom stereocenters. The third-order valence-electron chi connectivity index (χ3n) is 5.37. The molecule has 0 bridgehead atoms. The van der Waals surface area contributed by atoms with E-state index in [9.17, 15) is 22.8 Å². The summed E-state index contributed by atoms with van der Waals surface area (Å²) >= 11 is 0. The molecule has 4 rings (SSSR count). The van der Waals surface area contributed by atoms with E-state index in [4.69, 9.17) is 0 Å². The minimum absolute atomic E-state index is 0.100. The summed E-state index contributed by atoms with van der Waals surface area (Å²) in [5.74, 6) is -0.0235. The molecule has 0 spiro atoms. The third-order valence-corrected chi connectivity index (χ3v) is 5.37. The van der Waals surface area contributed by atoms with Crippen LogP contribution in [0.3, 0.4) is 0 Å². The fraction of sp³-hybridized carbons (Fsp3) is 0.350. The van der Waals surface area contributed by atoms with Gasteiger partial charge >= 0.3 is 6.18 Å². The van der Waals surface area contributed by atoms with Crippen LogP contribution in [0.25, 0.3) is 0 Å². The second kappa shape index (κ2) is 7.60. The number of carbonyl (C=O) groups excluding carboxylic acids is 2. The second-order valence-electron chi connectivity index (χ2n) is 7.26. The molecule has 1 fully saturated rings. The van der Waals surface area contributed by atoms with Gasteiger partial charge in [-0.1, -0.05) is 18.2 Å². The van der Waals surface area contributed by atoms with Gasteiger partial charge in [-0.3, -0.25) is 14.5 Å². The predicted octanol–water partition coefficient (Wildman–Crippen LogP) is 2.10. The number of nitrogens with one attached hydrogen (secondary N) is 2. The summed E-state index contributed by atoms with van der Waals surface area (Å²) in [5.41, 5.74) is 0.309. The standard InChI is InChI=1S/C20H20F3N5O2/c1-24-18(29)13-8-15-17(25-9-13)28-7-6-27(11-16(28)19(30)26-15)10-12-4-2-3-5-14(12)20(21,22)23/h2-5,8-9,16H,6-7,10-11H2,1H3,(H,24,29)(H,26,30). The minimum atomic E-state index is -4.42. The van der Waals surface area contributed by atoms with Crippen molar-refractivity contribution in [3.63, 3.8) is 0 Å². The number of aromatic nitrogens is 1. The Hall–Kier alpha value is -3.14. The Balaban J connectivity index is 1.54. The Kier molecular flexibility index (Phi) is 5.10. The molecule has 0 aliphatic carbocycles. The Bertz CT molecular complexity index is 995. The van der Waals surface area contributed by atoms with Crippen molar-refractivity contribution >= 4 is 23.3 Å². The molecule has 0 radical (unpaired) electrons. The second-order valence-corrected chi connectivity index (χ2v) is 7.26. The highest BCUT2D eigenvalue weighted by Crippen LogP contribution is 2.35. The first kappa shape index (κ1) is 20.1. The number of anilines is 2. The zero-order chi connectivity index (χ0) is 21.5. The summed E-state index contributed by atoms with van der Waals surface area (Å²) in [7, 11) is 1.51. The zero-order valence-corrected chi connectivity index (χ0v) is 16.2. The fourth-order valence-corrected chi connectivity index (χ4v) is 3.90. The van der Waals surface area contributed by atoms with Crippen LogP contribution in [0.1, 0.15) is 21.5 Å². The quantitative estimate of drug-likeness (QED) is 0.797. The van der Waals surface area contributed by atoms with E-state index in [0.29, 0.717) is 30.2 Å². The van der Waals surface area contributed by atoms with Gasteiger partial charge in [0.2, 0.25) is 5.91 Å². The van der Waals surface area contributed by atoms with Crippen LogP contribution in [0.2, 0.25) is 0 Å². The van der Waals surface area contributed by atoms with Gasteiger partial charge in [0.1, 0.15) is 6.04 Å². The lowest BCUT2D eigenvalue weighted by Crippen LogP contribution is -2.60. The van der Waals surface area contributed by atoms with Crippen LogP contribution in [0, 0.1) is 0 Å². The molecule has 1 saturated heterocycles. The van der Waals surface area contributed by atoms with Crippen molar-refractivity contribution in [1.29, 1.82) is 0 Å². The molecule has 1 unspecified atom stereocenters. The lowest BCUT2D eigenvalue weighted by molar-refractivity contribution is -0.138. The van der Waals surface area contributed by atoms with Crippen LogP contribution >= 0.6 is 0 Å². The van der Waals surface area contributed by atoms with Gasteiger partial charge in [0.05, 0.1) is 16.8 Å². The molecule has 0 saturated carbocycles. The predicted molar refractivity (Wildman–Crippen MR) is 104 cm³/mol. The molecule has 10 heteroatoms. The number of hydrogen-bond donors (Lipinski definition) is 2. The van der Waals surface area contributed by atoms with Gasteiger partial charge in [0.25, 0.3) is 5.91 Å². The topological polar surface area (TPSA) is 77.6 Å². The van der Waals surface area contributed by atoms with Crippen molar-refractivity contribution in [1.82, 2.24) is 15.2 Å². The minimum Gasteiger partial charge on any atom is -0.355 e. The van der Waals surface area contributed by atoms with Crippen LogP contribution < -0.4 is 15.5 Å². The van der Waals surface area contributed by atoms with Crippen LogP contribution in [0.4, 0.5) is 24.7 Å². The van der Waals surface area contributed by atoms with Gasteiger partial charge in [-0.05, 0) is 17.7 Å². The highest BCUT2D eigenvalue weighted by atomic mass is 19.4. The number of alkyl halides is 3.